The maximum Gasteiger partial charge on any atom is 0.416 e. The molecule has 0 aromatic heterocycles. The molecular formula is C9H13NO3. The summed E-state index contributed by atoms with van der Waals surface area (Å²) in [7, 11) is 0. The first-order valence-electron chi connectivity index (χ1n) is 4.77. The molecule has 2 aliphatic rings. The van der Waals surface area contributed by atoms with E-state index in [9.17, 15) is 9.59 Å². The van der Waals surface area contributed by atoms with Gasteiger partial charge in [0, 0.05) is 5.92 Å². The lowest BCUT2D eigenvalue weighted by Crippen LogP contribution is -2.35. The van der Waals surface area contributed by atoms with Crippen molar-refractivity contribution in [1.29, 1.82) is 0 Å². The maximum absolute atomic E-state index is 11.7. The van der Waals surface area contributed by atoms with E-state index in [0.717, 1.165) is 25.7 Å². The van der Waals surface area contributed by atoms with Crippen LogP contribution in [0.25, 0.3) is 0 Å². The molecule has 1 aliphatic heterocycles. The van der Waals surface area contributed by atoms with E-state index >= 15 is 0 Å². The van der Waals surface area contributed by atoms with Gasteiger partial charge in [0.05, 0.1) is 6.54 Å². The molecule has 0 spiro atoms. The molecule has 1 saturated heterocycles. The lowest BCUT2D eigenvalue weighted by molar-refractivity contribution is -0.131. The minimum Gasteiger partial charge on any atom is -0.447 e. The predicted octanol–water partition coefficient (Wildman–Crippen LogP) is 1.16. The van der Waals surface area contributed by atoms with Gasteiger partial charge in [-0.2, -0.15) is 0 Å². The average Bonchev–Trinajstić information content (AvgIpc) is 2.72. The summed E-state index contributed by atoms with van der Waals surface area (Å²) in [4.78, 5) is 24.0. The average molecular weight is 183 g/mol. The molecule has 0 bridgehead atoms. The second-order valence-electron chi connectivity index (χ2n) is 3.59. The molecule has 2 amide bonds. The number of carbonyl (C=O) groups excluding carboxylic acids is 2. The summed E-state index contributed by atoms with van der Waals surface area (Å²) in [5.41, 5.74) is 0. The van der Waals surface area contributed by atoms with Crippen molar-refractivity contribution < 1.29 is 14.3 Å². The van der Waals surface area contributed by atoms with E-state index in [4.69, 9.17) is 4.74 Å². The molecule has 13 heavy (non-hydrogen) atoms. The van der Waals surface area contributed by atoms with Gasteiger partial charge in [-0.1, -0.05) is 12.8 Å². The molecule has 4 nitrogen and oxygen atoms in total. The number of hydrogen-bond donors (Lipinski definition) is 0. The van der Waals surface area contributed by atoms with Gasteiger partial charge in [0.2, 0.25) is 5.91 Å². The number of cyclic esters (lactones) is 1. The summed E-state index contributed by atoms with van der Waals surface area (Å²) in [6.45, 7) is 0.797. The van der Waals surface area contributed by atoms with Gasteiger partial charge in [0.1, 0.15) is 6.61 Å². The van der Waals surface area contributed by atoms with E-state index in [1.165, 1.54) is 4.90 Å². The van der Waals surface area contributed by atoms with E-state index in [2.05, 4.69) is 0 Å². The molecule has 2 fully saturated rings. The van der Waals surface area contributed by atoms with Gasteiger partial charge in [0.25, 0.3) is 0 Å². The quantitative estimate of drug-likeness (QED) is 0.612. The van der Waals surface area contributed by atoms with Crippen LogP contribution in [0.2, 0.25) is 0 Å². The minimum atomic E-state index is -0.461. The third-order valence-electron chi connectivity index (χ3n) is 2.73. The van der Waals surface area contributed by atoms with Gasteiger partial charge in [-0.05, 0) is 12.8 Å². The third kappa shape index (κ3) is 1.53. The number of rotatable bonds is 1. The van der Waals surface area contributed by atoms with Gasteiger partial charge in [-0.15, -0.1) is 0 Å². The number of imide groups is 1. The molecule has 1 heterocycles. The number of hydrogen-bond acceptors (Lipinski definition) is 3. The van der Waals surface area contributed by atoms with Crippen LogP contribution in [0.4, 0.5) is 4.79 Å². The van der Waals surface area contributed by atoms with Crippen LogP contribution in [0.1, 0.15) is 25.7 Å². The fourth-order valence-corrected chi connectivity index (χ4v) is 1.99. The molecule has 0 unspecified atom stereocenters. The molecule has 2 rings (SSSR count). The van der Waals surface area contributed by atoms with Crippen molar-refractivity contribution in [2.45, 2.75) is 25.7 Å². The van der Waals surface area contributed by atoms with E-state index in [1.54, 1.807) is 0 Å². The maximum atomic E-state index is 11.7. The molecule has 4 heteroatoms. The molecule has 0 atom stereocenters. The van der Waals surface area contributed by atoms with Crippen molar-refractivity contribution in [2.75, 3.05) is 13.2 Å². The monoisotopic (exact) mass is 183 g/mol. The van der Waals surface area contributed by atoms with Crippen LogP contribution < -0.4 is 0 Å². The molecule has 1 saturated carbocycles. The van der Waals surface area contributed by atoms with Crippen LogP contribution in [-0.2, 0) is 9.53 Å². The van der Waals surface area contributed by atoms with Crippen molar-refractivity contribution in [2.24, 2.45) is 5.92 Å². The van der Waals surface area contributed by atoms with Crippen molar-refractivity contribution in [3.05, 3.63) is 0 Å². The number of carbonyl (C=O) groups is 2. The van der Waals surface area contributed by atoms with Crippen molar-refractivity contribution in [3.63, 3.8) is 0 Å². The standard InChI is InChI=1S/C9H13NO3/c11-8(7-3-1-2-4-7)10-5-6-13-9(10)12/h7H,1-6H2. The largest absolute Gasteiger partial charge is 0.447 e. The fourth-order valence-electron chi connectivity index (χ4n) is 1.99. The Balaban J connectivity index is 1.99. The van der Waals surface area contributed by atoms with Gasteiger partial charge < -0.3 is 4.74 Å². The Bertz CT molecular complexity index is 233. The lowest BCUT2D eigenvalue weighted by Gasteiger charge is -2.14. The molecule has 1 aliphatic carbocycles. The summed E-state index contributed by atoms with van der Waals surface area (Å²) in [5.74, 6) is 0.0469. The molecule has 0 aromatic rings. The highest BCUT2D eigenvalue weighted by atomic mass is 16.6. The van der Waals surface area contributed by atoms with Crippen LogP contribution in [0.15, 0.2) is 0 Å². The Hall–Kier alpha value is -1.06. The highest BCUT2D eigenvalue weighted by molar-refractivity contribution is 5.94. The Labute approximate surface area is 76.8 Å². The second kappa shape index (κ2) is 3.36. The Morgan fingerprint density at radius 2 is 2.08 bits per heavy atom. The number of ether oxygens (including phenoxy) is 1. The highest BCUT2D eigenvalue weighted by Crippen LogP contribution is 2.27. The predicted molar refractivity (Wildman–Crippen MR) is 45.0 cm³/mol. The van der Waals surface area contributed by atoms with Crippen LogP contribution >= 0.6 is 0 Å². The second-order valence-corrected chi connectivity index (χ2v) is 3.59. The molecule has 0 N–H and O–H groups in total. The smallest absolute Gasteiger partial charge is 0.416 e. The Morgan fingerprint density at radius 3 is 2.62 bits per heavy atom. The van der Waals surface area contributed by atoms with E-state index in [-0.39, 0.29) is 11.8 Å². The van der Waals surface area contributed by atoms with E-state index in [0.29, 0.717) is 13.2 Å². The fraction of sp³-hybridized carbons (Fsp3) is 0.778. The minimum absolute atomic E-state index is 0.0278. The summed E-state index contributed by atoms with van der Waals surface area (Å²) < 4.78 is 4.71. The molecular weight excluding hydrogens is 170 g/mol. The summed E-state index contributed by atoms with van der Waals surface area (Å²) in [6.07, 6.45) is 3.63. The Morgan fingerprint density at radius 1 is 1.38 bits per heavy atom. The third-order valence-corrected chi connectivity index (χ3v) is 2.73. The topological polar surface area (TPSA) is 46.6 Å². The normalized spacial score (nSPS) is 23.7. The zero-order valence-electron chi connectivity index (χ0n) is 7.49. The summed E-state index contributed by atoms with van der Waals surface area (Å²) in [6, 6.07) is 0. The summed E-state index contributed by atoms with van der Waals surface area (Å²) >= 11 is 0. The molecule has 0 aromatic carbocycles. The first-order chi connectivity index (χ1) is 6.29. The van der Waals surface area contributed by atoms with Crippen LogP contribution in [0.5, 0.6) is 0 Å². The first-order valence-corrected chi connectivity index (χ1v) is 4.77. The zero-order chi connectivity index (χ0) is 9.26. The number of nitrogens with zero attached hydrogens (tertiary/aromatic N) is 1. The van der Waals surface area contributed by atoms with Crippen LogP contribution in [0.3, 0.4) is 0 Å². The number of amides is 2. The van der Waals surface area contributed by atoms with Gasteiger partial charge in [-0.25, -0.2) is 9.69 Å². The van der Waals surface area contributed by atoms with Gasteiger partial charge in [0.15, 0.2) is 0 Å². The first kappa shape index (κ1) is 8.53. The van der Waals surface area contributed by atoms with E-state index in [1.807, 2.05) is 0 Å². The van der Waals surface area contributed by atoms with Crippen LogP contribution in [-0.4, -0.2) is 30.1 Å². The van der Waals surface area contributed by atoms with Gasteiger partial charge in [-0.3, -0.25) is 4.79 Å². The highest BCUT2D eigenvalue weighted by Gasteiger charge is 2.34. The SMILES string of the molecule is O=C1OCCN1C(=O)C1CCCC1. The van der Waals surface area contributed by atoms with Crippen molar-refractivity contribution in [1.82, 2.24) is 4.90 Å². The van der Waals surface area contributed by atoms with Crippen molar-refractivity contribution in [3.8, 4) is 0 Å². The lowest BCUT2D eigenvalue weighted by atomic mass is 10.1. The van der Waals surface area contributed by atoms with Gasteiger partial charge >= 0.3 is 6.09 Å². The van der Waals surface area contributed by atoms with E-state index < -0.39 is 6.09 Å². The van der Waals surface area contributed by atoms with Crippen molar-refractivity contribution >= 4 is 12.0 Å². The zero-order valence-corrected chi connectivity index (χ0v) is 7.49. The van der Waals surface area contributed by atoms with Crippen LogP contribution in [0, 0.1) is 5.92 Å². The Kier molecular flexibility index (Phi) is 2.20. The molecule has 72 valence electrons. The molecule has 0 radical (unpaired) electrons. The summed E-state index contributed by atoms with van der Waals surface area (Å²) in [5, 5.41) is 0.